The van der Waals surface area contributed by atoms with Crippen molar-refractivity contribution in [2.24, 2.45) is 0 Å². The Morgan fingerprint density at radius 2 is 1.70 bits per heavy atom. The van der Waals surface area contributed by atoms with Crippen molar-refractivity contribution in [1.82, 2.24) is 0 Å². The monoisotopic (exact) mass is 411 g/mol. The van der Waals surface area contributed by atoms with Gasteiger partial charge in [0.05, 0.1) is 13.2 Å². The van der Waals surface area contributed by atoms with Crippen molar-refractivity contribution in [2.45, 2.75) is 46.0 Å². The summed E-state index contributed by atoms with van der Waals surface area (Å²) in [7, 11) is 1.72. The molecule has 0 atom stereocenters. The van der Waals surface area contributed by atoms with E-state index in [0.717, 1.165) is 23.5 Å². The minimum absolute atomic E-state index is 0.0298. The molecular weight excluding hydrogens is 378 g/mol. The van der Waals surface area contributed by atoms with E-state index in [2.05, 4.69) is 17.6 Å². The van der Waals surface area contributed by atoms with Crippen LogP contribution in [0.4, 0.5) is 17.1 Å². The fourth-order valence-electron chi connectivity index (χ4n) is 2.93. The lowest BCUT2D eigenvalue weighted by atomic mass is 10.2. The van der Waals surface area contributed by atoms with Gasteiger partial charge in [-0.15, -0.1) is 0 Å². The number of rotatable bonds is 12. The van der Waals surface area contributed by atoms with Gasteiger partial charge in [-0.2, -0.15) is 0 Å². The molecule has 0 unspecified atom stereocenters. The molecule has 0 spiro atoms. The molecule has 2 aromatic carbocycles. The SMILES string of the molecule is CCCCCCCOc1cccc(NC(=O)CNc2ccc(N(C)C(C)=O)cc2)c1. The summed E-state index contributed by atoms with van der Waals surface area (Å²) in [5.41, 5.74) is 2.33. The van der Waals surface area contributed by atoms with Crippen LogP contribution >= 0.6 is 0 Å². The number of benzene rings is 2. The highest BCUT2D eigenvalue weighted by Gasteiger charge is 2.06. The maximum atomic E-state index is 12.3. The van der Waals surface area contributed by atoms with E-state index < -0.39 is 0 Å². The number of nitrogens with zero attached hydrogens (tertiary/aromatic N) is 1. The van der Waals surface area contributed by atoms with Crippen LogP contribution in [0.15, 0.2) is 48.5 Å². The van der Waals surface area contributed by atoms with Gasteiger partial charge in [0.15, 0.2) is 0 Å². The number of ether oxygens (including phenoxy) is 1. The Morgan fingerprint density at radius 1 is 0.967 bits per heavy atom. The van der Waals surface area contributed by atoms with Crippen molar-refractivity contribution in [3.8, 4) is 5.75 Å². The topological polar surface area (TPSA) is 70.7 Å². The standard InChI is InChI=1S/C24H33N3O3/c1-4-5-6-7-8-16-30-23-11-9-10-21(17-23)26-24(29)18-25-20-12-14-22(15-13-20)27(3)19(2)28/h9-15,17,25H,4-8,16,18H2,1-3H3,(H,26,29). The van der Waals surface area contributed by atoms with Gasteiger partial charge in [-0.1, -0.05) is 38.7 Å². The van der Waals surface area contributed by atoms with Crippen LogP contribution in [0.5, 0.6) is 5.75 Å². The van der Waals surface area contributed by atoms with Crippen LogP contribution in [0.2, 0.25) is 0 Å². The van der Waals surface area contributed by atoms with Crippen LogP contribution in [-0.4, -0.2) is 32.0 Å². The van der Waals surface area contributed by atoms with Crippen molar-refractivity contribution in [3.05, 3.63) is 48.5 Å². The number of unbranched alkanes of at least 4 members (excludes halogenated alkanes) is 4. The predicted octanol–water partition coefficient (Wildman–Crippen LogP) is 5.07. The van der Waals surface area contributed by atoms with Gasteiger partial charge in [0.25, 0.3) is 0 Å². The normalized spacial score (nSPS) is 10.4. The maximum Gasteiger partial charge on any atom is 0.243 e. The zero-order valence-corrected chi connectivity index (χ0v) is 18.2. The highest BCUT2D eigenvalue weighted by Crippen LogP contribution is 2.19. The van der Waals surface area contributed by atoms with Crippen LogP contribution in [0, 0.1) is 0 Å². The summed E-state index contributed by atoms with van der Waals surface area (Å²) in [6.07, 6.45) is 5.98. The molecular formula is C24H33N3O3. The molecule has 6 heteroatoms. The van der Waals surface area contributed by atoms with Gasteiger partial charge in [0.2, 0.25) is 11.8 Å². The Hall–Kier alpha value is -3.02. The maximum absolute atomic E-state index is 12.3. The second kappa shape index (κ2) is 12.5. The van der Waals surface area contributed by atoms with Crippen LogP contribution in [0.25, 0.3) is 0 Å². The zero-order valence-electron chi connectivity index (χ0n) is 18.2. The Balaban J connectivity index is 1.76. The molecule has 0 radical (unpaired) electrons. The average molecular weight is 412 g/mol. The molecule has 0 saturated carbocycles. The minimum Gasteiger partial charge on any atom is -0.494 e. The van der Waals surface area contributed by atoms with E-state index in [1.807, 2.05) is 48.5 Å². The van der Waals surface area contributed by atoms with Crippen LogP contribution in [0.1, 0.15) is 46.0 Å². The summed E-state index contributed by atoms with van der Waals surface area (Å²) in [6, 6.07) is 14.8. The summed E-state index contributed by atoms with van der Waals surface area (Å²) in [4.78, 5) is 25.2. The lowest BCUT2D eigenvalue weighted by Crippen LogP contribution is -2.23. The van der Waals surface area contributed by atoms with E-state index in [1.54, 1.807) is 11.9 Å². The van der Waals surface area contributed by atoms with Gasteiger partial charge in [-0.25, -0.2) is 0 Å². The largest absolute Gasteiger partial charge is 0.494 e. The molecule has 0 heterocycles. The Kier molecular flexibility index (Phi) is 9.71. The smallest absolute Gasteiger partial charge is 0.243 e. The second-order valence-corrected chi connectivity index (χ2v) is 7.32. The molecule has 0 aliphatic rings. The minimum atomic E-state index is -0.142. The molecule has 2 amide bonds. The summed E-state index contributed by atoms with van der Waals surface area (Å²) < 4.78 is 5.79. The number of carbonyl (C=O) groups excluding carboxylic acids is 2. The number of anilines is 3. The van der Waals surface area contributed by atoms with Crippen molar-refractivity contribution >= 4 is 28.9 Å². The molecule has 0 saturated heterocycles. The van der Waals surface area contributed by atoms with Crippen molar-refractivity contribution in [2.75, 3.05) is 35.7 Å². The first-order chi connectivity index (χ1) is 14.5. The third-order valence-electron chi connectivity index (χ3n) is 4.81. The third kappa shape index (κ3) is 8.15. The fourth-order valence-corrected chi connectivity index (χ4v) is 2.93. The Morgan fingerprint density at radius 3 is 2.40 bits per heavy atom. The highest BCUT2D eigenvalue weighted by molar-refractivity contribution is 5.94. The Labute approximate surface area is 179 Å². The molecule has 6 nitrogen and oxygen atoms in total. The summed E-state index contributed by atoms with van der Waals surface area (Å²) in [6.45, 7) is 4.56. The number of amides is 2. The van der Waals surface area contributed by atoms with E-state index in [-0.39, 0.29) is 18.4 Å². The number of hydrogen-bond acceptors (Lipinski definition) is 4. The highest BCUT2D eigenvalue weighted by atomic mass is 16.5. The quantitative estimate of drug-likeness (QED) is 0.479. The number of hydrogen-bond donors (Lipinski definition) is 2. The third-order valence-corrected chi connectivity index (χ3v) is 4.81. The molecule has 0 bridgehead atoms. The first kappa shape index (κ1) is 23.3. The summed E-state index contributed by atoms with van der Waals surface area (Å²) in [5, 5.41) is 5.97. The first-order valence-corrected chi connectivity index (χ1v) is 10.6. The predicted molar refractivity (Wildman–Crippen MR) is 123 cm³/mol. The van der Waals surface area contributed by atoms with E-state index in [4.69, 9.17) is 4.74 Å². The number of carbonyl (C=O) groups is 2. The lowest BCUT2D eigenvalue weighted by molar-refractivity contribution is -0.116. The summed E-state index contributed by atoms with van der Waals surface area (Å²) in [5.74, 6) is 0.593. The summed E-state index contributed by atoms with van der Waals surface area (Å²) >= 11 is 0. The van der Waals surface area contributed by atoms with Gasteiger partial charge in [0, 0.05) is 37.1 Å². The molecule has 162 valence electrons. The molecule has 2 N–H and O–H groups in total. The van der Waals surface area contributed by atoms with Crippen molar-refractivity contribution in [1.29, 1.82) is 0 Å². The van der Waals surface area contributed by atoms with Gasteiger partial charge in [-0.3, -0.25) is 9.59 Å². The first-order valence-electron chi connectivity index (χ1n) is 10.6. The van der Waals surface area contributed by atoms with Gasteiger partial charge >= 0.3 is 0 Å². The van der Waals surface area contributed by atoms with Crippen LogP contribution in [-0.2, 0) is 9.59 Å². The molecule has 30 heavy (non-hydrogen) atoms. The van der Waals surface area contributed by atoms with Crippen LogP contribution in [0.3, 0.4) is 0 Å². The molecule has 0 fully saturated rings. The van der Waals surface area contributed by atoms with E-state index in [0.29, 0.717) is 12.3 Å². The molecule has 2 aromatic rings. The van der Waals surface area contributed by atoms with Crippen LogP contribution < -0.4 is 20.3 Å². The van der Waals surface area contributed by atoms with Gasteiger partial charge < -0.3 is 20.3 Å². The zero-order chi connectivity index (χ0) is 21.8. The van der Waals surface area contributed by atoms with Crippen molar-refractivity contribution < 1.29 is 14.3 Å². The molecule has 2 rings (SSSR count). The van der Waals surface area contributed by atoms with Gasteiger partial charge in [-0.05, 0) is 42.8 Å². The van der Waals surface area contributed by atoms with E-state index in [1.165, 1.54) is 32.6 Å². The number of nitrogens with one attached hydrogen (secondary N) is 2. The van der Waals surface area contributed by atoms with Crippen molar-refractivity contribution in [3.63, 3.8) is 0 Å². The molecule has 0 aliphatic heterocycles. The lowest BCUT2D eigenvalue weighted by Gasteiger charge is -2.15. The van der Waals surface area contributed by atoms with E-state index in [9.17, 15) is 9.59 Å². The molecule has 0 aliphatic carbocycles. The Bertz CT molecular complexity index is 806. The molecule has 0 aromatic heterocycles. The average Bonchev–Trinajstić information content (AvgIpc) is 2.75. The van der Waals surface area contributed by atoms with Gasteiger partial charge in [0.1, 0.15) is 5.75 Å². The fraction of sp³-hybridized carbons (Fsp3) is 0.417. The van der Waals surface area contributed by atoms with E-state index >= 15 is 0 Å². The second-order valence-electron chi connectivity index (χ2n) is 7.32.